The first-order chi connectivity index (χ1) is 18.8. The minimum Gasteiger partial charge on any atom is -0.457 e. The molecule has 3 nitrogen and oxygen atoms in total. The predicted molar refractivity (Wildman–Crippen MR) is 157 cm³/mol. The van der Waals surface area contributed by atoms with Gasteiger partial charge in [0, 0.05) is 16.6 Å². The molecule has 2 aliphatic heterocycles. The molecule has 0 N–H and O–H groups in total. The van der Waals surface area contributed by atoms with Crippen molar-refractivity contribution in [2.24, 2.45) is 0 Å². The van der Waals surface area contributed by atoms with E-state index in [2.05, 4.69) is 131 Å². The van der Waals surface area contributed by atoms with Gasteiger partial charge in [0.05, 0.1) is 16.6 Å². The lowest BCUT2D eigenvalue weighted by Crippen LogP contribution is -2.41. The summed E-state index contributed by atoms with van der Waals surface area (Å²) in [6.45, 7) is 8.37. The maximum absolute atomic E-state index is 6.92. The largest absolute Gasteiger partial charge is 0.498 e. The van der Waals surface area contributed by atoms with Crippen molar-refractivity contribution in [1.29, 1.82) is 0 Å². The maximum atomic E-state index is 6.92. The van der Waals surface area contributed by atoms with Crippen LogP contribution in [0.1, 0.15) is 49.9 Å². The van der Waals surface area contributed by atoms with Gasteiger partial charge in [0.2, 0.25) is 0 Å². The van der Waals surface area contributed by atoms with Crippen molar-refractivity contribution >= 4 is 23.4 Å². The number of benzene rings is 5. The number of rotatable bonds is 1. The number of fused-ring (bicyclic) bond motifs is 10. The molecule has 1 fully saturated rings. The zero-order valence-corrected chi connectivity index (χ0v) is 22.6. The number of ether oxygens (including phenoxy) is 1. The molecule has 0 amide bonds. The second-order valence-electron chi connectivity index (χ2n) is 12.0. The van der Waals surface area contributed by atoms with Crippen LogP contribution in [-0.4, -0.2) is 18.3 Å². The third-order valence-corrected chi connectivity index (χ3v) is 9.37. The molecule has 1 aliphatic carbocycles. The smallest absolute Gasteiger partial charge is 0.457 e. The molecule has 4 heteroatoms. The lowest BCUT2D eigenvalue weighted by atomic mass is 9.63. The van der Waals surface area contributed by atoms with Gasteiger partial charge >= 0.3 is 7.12 Å². The summed E-state index contributed by atoms with van der Waals surface area (Å²) in [6.07, 6.45) is 0. The molecule has 0 bridgehead atoms. The highest BCUT2D eigenvalue weighted by Crippen LogP contribution is 2.62. The summed E-state index contributed by atoms with van der Waals surface area (Å²) in [4.78, 5) is 0. The Bertz CT molecular complexity index is 1760. The summed E-state index contributed by atoms with van der Waals surface area (Å²) in [5, 5.41) is 2.36. The van der Waals surface area contributed by atoms with E-state index in [1.807, 2.05) is 0 Å². The van der Waals surface area contributed by atoms with E-state index in [-0.39, 0.29) is 0 Å². The molecule has 3 aliphatic rings. The van der Waals surface area contributed by atoms with Gasteiger partial charge in [-0.3, -0.25) is 0 Å². The van der Waals surface area contributed by atoms with Crippen molar-refractivity contribution in [1.82, 2.24) is 0 Å². The quantitative estimate of drug-likeness (QED) is 0.214. The first kappa shape index (κ1) is 23.1. The van der Waals surface area contributed by atoms with Crippen LogP contribution in [0, 0.1) is 0 Å². The first-order valence-corrected chi connectivity index (χ1v) is 13.7. The van der Waals surface area contributed by atoms with E-state index in [9.17, 15) is 0 Å². The average Bonchev–Trinajstić information content (AvgIpc) is 3.35. The van der Waals surface area contributed by atoms with Crippen molar-refractivity contribution in [3.8, 4) is 22.6 Å². The van der Waals surface area contributed by atoms with Gasteiger partial charge in [-0.1, -0.05) is 91.0 Å². The van der Waals surface area contributed by atoms with Crippen LogP contribution in [0.4, 0.5) is 0 Å². The number of hydrogen-bond acceptors (Lipinski definition) is 3. The third-order valence-electron chi connectivity index (χ3n) is 9.37. The molecule has 0 atom stereocenters. The van der Waals surface area contributed by atoms with Crippen LogP contribution in [0.2, 0.25) is 0 Å². The molecule has 1 spiro atoms. The van der Waals surface area contributed by atoms with Crippen molar-refractivity contribution in [3.63, 3.8) is 0 Å². The molecule has 5 aromatic carbocycles. The number of para-hydroxylation sites is 1. The third kappa shape index (κ3) is 2.91. The Morgan fingerprint density at radius 3 is 1.72 bits per heavy atom. The van der Waals surface area contributed by atoms with Gasteiger partial charge in [-0.2, -0.15) is 0 Å². The second-order valence-corrected chi connectivity index (χ2v) is 12.0. The summed E-state index contributed by atoms with van der Waals surface area (Å²) in [5.41, 5.74) is 6.86. The van der Waals surface area contributed by atoms with Crippen LogP contribution < -0.4 is 10.2 Å². The lowest BCUT2D eigenvalue weighted by Gasteiger charge is -2.40. The first-order valence-electron chi connectivity index (χ1n) is 13.7. The Balaban J connectivity index is 1.48. The van der Waals surface area contributed by atoms with Gasteiger partial charge in [0.15, 0.2) is 0 Å². The van der Waals surface area contributed by atoms with E-state index in [0.29, 0.717) is 0 Å². The molecule has 0 aromatic heterocycles. The fourth-order valence-electron chi connectivity index (χ4n) is 6.79. The van der Waals surface area contributed by atoms with E-state index in [1.165, 1.54) is 27.6 Å². The minimum absolute atomic E-state index is 0.451. The van der Waals surface area contributed by atoms with Crippen LogP contribution in [0.5, 0.6) is 11.5 Å². The van der Waals surface area contributed by atoms with Crippen LogP contribution >= 0.6 is 0 Å². The molecular weight excluding hydrogens is 479 g/mol. The Hall–Kier alpha value is -3.86. The topological polar surface area (TPSA) is 27.7 Å². The predicted octanol–water partition coefficient (Wildman–Crippen LogP) is 7.61. The Morgan fingerprint density at radius 1 is 0.538 bits per heavy atom. The standard InChI is InChI=1S/C35H29BO3/c1-33(2)34(3,4)39-36(38-33)30-19-11-18-28-32(30)37-31-21-23-13-6-5-12-22(23)20-29(31)35(28)26-16-9-7-14-24(26)25-15-8-10-17-27(25)35/h5-21H,1-4H3. The highest BCUT2D eigenvalue weighted by atomic mass is 16.7. The van der Waals surface area contributed by atoms with Crippen LogP contribution in [0.25, 0.3) is 21.9 Å². The van der Waals surface area contributed by atoms with Crippen LogP contribution in [0.15, 0.2) is 103 Å². The Morgan fingerprint density at radius 2 is 1.08 bits per heavy atom. The van der Waals surface area contributed by atoms with Gasteiger partial charge < -0.3 is 14.0 Å². The van der Waals surface area contributed by atoms with Crippen molar-refractivity contribution in [2.45, 2.75) is 44.3 Å². The average molecular weight is 508 g/mol. The van der Waals surface area contributed by atoms with Crippen molar-refractivity contribution < 1.29 is 14.0 Å². The van der Waals surface area contributed by atoms with Crippen molar-refractivity contribution in [3.05, 3.63) is 125 Å². The Labute approximate surface area is 229 Å². The zero-order chi connectivity index (χ0) is 26.6. The molecule has 5 aromatic rings. The van der Waals surface area contributed by atoms with E-state index < -0.39 is 23.7 Å². The molecule has 0 saturated carbocycles. The van der Waals surface area contributed by atoms with Gasteiger partial charge in [-0.05, 0) is 72.9 Å². The molecular formula is C35H29BO3. The van der Waals surface area contributed by atoms with Crippen molar-refractivity contribution in [2.75, 3.05) is 0 Å². The second kappa shape index (κ2) is 7.62. The van der Waals surface area contributed by atoms with E-state index in [4.69, 9.17) is 14.0 Å². The molecule has 8 rings (SSSR count). The lowest BCUT2D eigenvalue weighted by molar-refractivity contribution is 0.00578. The summed E-state index contributed by atoms with van der Waals surface area (Å²) in [7, 11) is -0.532. The maximum Gasteiger partial charge on any atom is 0.498 e. The monoisotopic (exact) mass is 508 g/mol. The molecule has 1 saturated heterocycles. The van der Waals surface area contributed by atoms with Gasteiger partial charge in [0.25, 0.3) is 0 Å². The fraction of sp³-hybridized carbons (Fsp3) is 0.200. The highest BCUT2D eigenvalue weighted by molar-refractivity contribution is 6.63. The summed E-state index contributed by atoms with van der Waals surface area (Å²) >= 11 is 0. The zero-order valence-electron chi connectivity index (χ0n) is 22.6. The molecule has 39 heavy (non-hydrogen) atoms. The van der Waals surface area contributed by atoms with Gasteiger partial charge in [-0.15, -0.1) is 0 Å². The van der Waals surface area contributed by atoms with Gasteiger partial charge in [-0.25, -0.2) is 0 Å². The fourth-order valence-corrected chi connectivity index (χ4v) is 6.79. The van der Waals surface area contributed by atoms with Crippen LogP contribution in [-0.2, 0) is 14.7 Å². The van der Waals surface area contributed by atoms with E-state index in [0.717, 1.165) is 33.5 Å². The molecule has 0 unspecified atom stereocenters. The van der Waals surface area contributed by atoms with E-state index in [1.54, 1.807) is 0 Å². The summed E-state index contributed by atoms with van der Waals surface area (Å²) < 4.78 is 20.0. The van der Waals surface area contributed by atoms with E-state index >= 15 is 0 Å². The SMILES string of the molecule is CC1(C)OB(c2cccc3c2Oc2cc4ccccc4cc2C32c3ccccc3-c3ccccc32)OC1(C)C. The molecule has 190 valence electrons. The normalized spacial score (nSPS) is 18.8. The minimum atomic E-state index is -0.532. The number of hydrogen-bond donors (Lipinski definition) is 0. The Kier molecular flexibility index (Phi) is 4.51. The summed E-state index contributed by atoms with van der Waals surface area (Å²) in [6, 6.07) is 37.1. The van der Waals surface area contributed by atoms with Crippen LogP contribution in [0.3, 0.4) is 0 Å². The van der Waals surface area contributed by atoms with Gasteiger partial charge in [0.1, 0.15) is 11.5 Å². The molecule has 0 radical (unpaired) electrons. The highest BCUT2D eigenvalue weighted by Gasteiger charge is 2.55. The summed E-state index contributed by atoms with van der Waals surface area (Å²) in [5.74, 6) is 1.70. The molecule has 2 heterocycles.